The number of nitrogens with one attached hydrogen (secondary N) is 2. The van der Waals surface area contributed by atoms with Crippen molar-refractivity contribution in [2.75, 3.05) is 19.7 Å². The van der Waals surface area contributed by atoms with Gasteiger partial charge in [0.2, 0.25) is 10.0 Å². The van der Waals surface area contributed by atoms with Crippen molar-refractivity contribution in [2.24, 2.45) is 0 Å². The van der Waals surface area contributed by atoms with Crippen LogP contribution in [0.1, 0.15) is 56.0 Å². The number of nitrogens with zero attached hydrogens (tertiary/aromatic N) is 1. The van der Waals surface area contributed by atoms with Gasteiger partial charge in [-0.25, -0.2) is 8.42 Å². The van der Waals surface area contributed by atoms with Crippen LogP contribution in [0.5, 0.6) is 5.75 Å². The molecular formula is C23H31N3O5S. The summed E-state index contributed by atoms with van der Waals surface area (Å²) in [6.45, 7) is 8.02. The van der Waals surface area contributed by atoms with Crippen molar-refractivity contribution in [1.29, 1.82) is 0 Å². The molecule has 0 fully saturated rings. The van der Waals surface area contributed by atoms with Crippen LogP contribution in [0.25, 0.3) is 0 Å². The summed E-state index contributed by atoms with van der Waals surface area (Å²) in [6.07, 6.45) is 0.936. The molecule has 0 aliphatic carbocycles. The van der Waals surface area contributed by atoms with Gasteiger partial charge in [0.15, 0.2) is 6.61 Å². The molecule has 8 nitrogen and oxygen atoms in total. The molecule has 0 saturated heterocycles. The number of hydrogen-bond donors (Lipinski definition) is 2. The van der Waals surface area contributed by atoms with E-state index in [4.69, 9.17) is 4.74 Å². The SMILES string of the molecule is CCC(C)c1ccccc1OCC(=O)NNC(=O)c1cccc(S(=O)(=O)N(CC)CC)c1. The number of benzene rings is 2. The van der Waals surface area contributed by atoms with Crippen LogP contribution in [0.15, 0.2) is 53.4 Å². The summed E-state index contributed by atoms with van der Waals surface area (Å²) in [7, 11) is -3.70. The largest absolute Gasteiger partial charge is 0.483 e. The normalized spacial score (nSPS) is 12.3. The predicted octanol–water partition coefficient (Wildman–Crippen LogP) is 3.07. The van der Waals surface area contributed by atoms with Crippen molar-refractivity contribution in [3.8, 4) is 5.75 Å². The van der Waals surface area contributed by atoms with Crippen molar-refractivity contribution in [3.05, 3.63) is 59.7 Å². The summed E-state index contributed by atoms with van der Waals surface area (Å²) >= 11 is 0. The Bertz CT molecular complexity index is 1040. The Kier molecular flexibility index (Phi) is 9.22. The number of amides is 2. The molecule has 174 valence electrons. The highest BCUT2D eigenvalue weighted by Crippen LogP contribution is 2.28. The van der Waals surface area contributed by atoms with E-state index in [1.165, 1.54) is 28.6 Å². The van der Waals surface area contributed by atoms with Crippen molar-refractivity contribution >= 4 is 21.8 Å². The molecule has 0 aliphatic heterocycles. The van der Waals surface area contributed by atoms with E-state index in [0.717, 1.165) is 12.0 Å². The van der Waals surface area contributed by atoms with E-state index in [2.05, 4.69) is 24.7 Å². The molecule has 0 aliphatic rings. The summed E-state index contributed by atoms with van der Waals surface area (Å²) in [5, 5.41) is 0. The number of para-hydroxylation sites is 1. The quantitative estimate of drug-likeness (QED) is 0.529. The molecular weight excluding hydrogens is 430 g/mol. The molecule has 0 saturated carbocycles. The van der Waals surface area contributed by atoms with Crippen LogP contribution in [0.4, 0.5) is 0 Å². The average Bonchev–Trinajstić information content (AvgIpc) is 2.81. The summed E-state index contributed by atoms with van der Waals surface area (Å²) in [6, 6.07) is 13.2. The van der Waals surface area contributed by atoms with Crippen LogP contribution in [-0.2, 0) is 14.8 Å². The van der Waals surface area contributed by atoms with Crippen molar-refractivity contribution in [1.82, 2.24) is 15.2 Å². The number of ether oxygens (including phenoxy) is 1. The van der Waals surface area contributed by atoms with Gasteiger partial charge in [0, 0.05) is 18.7 Å². The van der Waals surface area contributed by atoms with E-state index in [1.807, 2.05) is 18.2 Å². The fourth-order valence-corrected chi connectivity index (χ4v) is 4.63. The van der Waals surface area contributed by atoms with Crippen LogP contribution in [0.3, 0.4) is 0 Å². The van der Waals surface area contributed by atoms with Crippen molar-refractivity contribution in [2.45, 2.75) is 44.9 Å². The second-order valence-electron chi connectivity index (χ2n) is 7.26. The fraction of sp³-hybridized carbons (Fsp3) is 0.391. The first-order valence-corrected chi connectivity index (χ1v) is 12.1. The molecule has 2 aromatic rings. The molecule has 1 unspecified atom stereocenters. The Morgan fingerprint density at radius 3 is 2.34 bits per heavy atom. The first kappa shape index (κ1) is 25.4. The topological polar surface area (TPSA) is 105 Å². The van der Waals surface area contributed by atoms with Crippen molar-refractivity contribution < 1.29 is 22.7 Å². The minimum atomic E-state index is -3.70. The minimum Gasteiger partial charge on any atom is -0.483 e. The second kappa shape index (κ2) is 11.6. The Balaban J connectivity index is 1.98. The van der Waals surface area contributed by atoms with Gasteiger partial charge in [0.05, 0.1) is 4.90 Å². The zero-order valence-corrected chi connectivity index (χ0v) is 19.7. The molecule has 0 spiro atoms. The van der Waals surface area contributed by atoms with Crippen LogP contribution < -0.4 is 15.6 Å². The number of carbonyl (C=O) groups is 2. The van der Waals surface area contributed by atoms with E-state index in [0.29, 0.717) is 18.8 Å². The molecule has 0 aromatic heterocycles. The van der Waals surface area contributed by atoms with Gasteiger partial charge in [-0.15, -0.1) is 0 Å². The number of carbonyl (C=O) groups excluding carboxylic acids is 2. The van der Waals surface area contributed by atoms with Crippen LogP contribution >= 0.6 is 0 Å². The lowest BCUT2D eigenvalue weighted by Crippen LogP contribution is -2.44. The number of hydrazine groups is 1. The Morgan fingerprint density at radius 1 is 1.00 bits per heavy atom. The highest BCUT2D eigenvalue weighted by Gasteiger charge is 2.22. The minimum absolute atomic E-state index is 0.0187. The zero-order chi connectivity index (χ0) is 23.7. The fourth-order valence-electron chi connectivity index (χ4n) is 3.13. The predicted molar refractivity (Wildman–Crippen MR) is 123 cm³/mol. The molecule has 2 amide bonds. The van der Waals surface area contributed by atoms with E-state index < -0.39 is 21.8 Å². The van der Waals surface area contributed by atoms with Crippen LogP contribution in [-0.4, -0.2) is 44.2 Å². The lowest BCUT2D eigenvalue weighted by molar-refractivity contribution is -0.123. The van der Waals surface area contributed by atoms with Gasteiger partial charge in [0.25, 0.3) is 11.8 Å². The first-order chi connectivity index (χ1) is 15.2. The van der Waals surface area contributed by atoms with Gasteiger partial charge in [-0.3, -0.25) is 20.4 Å². The Morgan fingerprint density at radius 2 is 1.69 bits per heavy atom. The van der Waals surface area contributed by atoms with Gasteiger partial charge in [0.1, 0.15) is 5.75 Å². The van der Waals surface area contributed by atoms with Gasteiger partial charge < -0.3 is 4.74 Å². The molecule has 32 heavy (non-hydrogen) atoms. The molecule has 1 atom stereocenters. The maximum Gasteiger partial charge on any atom is 0.276 e. The average molecular weight is 462 g/mol. The third kappa shape index (κ3) is 6.30. The molecule has 0 bridgehead atoms. The van der Waals surface area contributed by atoms with E-state index in [9.17, 15) is 18.0 Å². The van der Waals surface area contributed by atoms with Crippen LogP contribution in [0.2, 0.25) is 0 Å². The van der Waals surface area contributed by atoms with Gasteiger partial charge in [-0.2, -0.15) is 4.31 Å². The van der Waals surface area contributed by atoms with Gasteiger partial charge in [-0.1, -0.05) is 52.0 Å². The molecule has 2 rings (SSSR count). The summed E-state index contributed by atoms with van der Waals surface area (Å²) in [4.78, 5) is 24.6. The zero-order valence-electron chi connectivity index (χ0n) is 18.9. The standard InChI is InChI=1S/C23H31N3O5S/c1-5-17(4)20-13-8-9-14-21(20)31-16-22(27)24-25-23(28)18-11-10-12-19(15-18)32(29,30)26(6-2)7-3/h8-15,17H,5-7,16H2,1-4H3,(H,24,27)(H,25,28). The molecule has 9 heteroatoms. The number of rotatable bonds is 10. The lowest BCUT2D eigenvalue weighted by Gasteiger charge is -2.18. The molecule has 2 aromatic carbocycles. The summed E-state index contributed by atoms with van der Waals surface area (Å²) in [5.74, 6) is -0.259. The third-order valence-electron chi connectivity index (χ3n) is 5.18. The number of sulfonamides is 1. The van der Waals surface area contributed by atoms with Gasteiger partial charge >= 0.3 is 0 Å². The molecule has 0 heterocycles. The monoisotopic (exact) mass is 461 g/mol. The highest BCUT2D eigenvalue weighted by atomic mass is 32.2. The van der Waals surface area contributed by atoms with Crippen molar-refractivity contribution in [3.63, 3.8) is 0 Å². The lowest BCUT2D eigenvalue weighted by atomic mass is 9.98. The molecule has 0 radical (unpaired) electrons. The maximum absolute atomic E-state index is 12.7. The summed E-state index contributed by atoms with van der Waals surface area (Å²) in [5.41, 5.74) is 5.71. The summed E-state index contributed by atoms with van der Waals surface area (Å²) < 4.78 is 32.3. The highest BCUT2D eigenvalue weighted by molar-refractivity contribution is 7.89. The van der Waals surface area contributed by atoms with Crippen LogP contribution in [0, 0.1) is 0 Å². The second-order valence-corrected chi connectivity index (χ2v) is 9.19. The Hall–Kier alpha value is -2.91. The van der Waals surface area contributed by atoms with E-state index in [-0.39, 0.29) is 23.0 Å². The number of hydrogen-bond acceptors (Lipinski definition) is 5. The smallest absolute Gasteiger partial charge is 0.276 e. The molecule has 2 N–H and O–H groups in total. The third-order valence-corrected chi connectivity index (χ3v) is 7.22. The van der Waals surface area contributed by atoms with E-state index >= 15 is 0 Å². The van der Waals surface area contributed by atoms with Gasteiger partial charge in [-0.05, 0) is 42.2 Å². The van der Waals surface area contributed by atoms with E-state index in [1.54, 1.807) is 19.9 Å². The Labute approximate surface area is 190 Å². The maximum atomic E-state index is 12.7. The first-order valence-electron chi connectivity index (χ1n) is 10.7.